The number of phenols is 1. The van der Waals surface area contributed by atoms with Gasteiger partial charge in [0.15, 0.2) is 5.76 Å². The number of likely N-dealkylation sites (tertiary alicyclic amines) is 1. The quantitative estimate of drug-likeness (QED) is 0.190. The van der Waals surface area contributed by atoms with Gasteiger partial charge in [0.2, 0.25) is 0 Å². The Morgan fingerprint density at radius 3 is 2.36 bits per heavy atom. The average Bonchev–Trinajstić information content (AvgIpc) is 3.12. The first-order valence-corrected chi connectivity index (χ1v) is 12.2. The summed E-state index contributed by atoms with van der Waals surface area (Å²) in [5, 5.41) is 24.0. The number of β-lactam (4-membered cyclic amide) rings is 1. The van der Waals surface area contributed by atoms with Gasteiger partial charge in [0.05, 0.1) is 12.0 Å². The van der Waals surface area contributed by atoms with Crippen LogP contribution in [0.15, 0.2) is 64.9 Å². The largest absolute Gasteiger partial charge is 1.00 e. The van der Waals surface area contributed by atoms with Gasteiger partial charge >= 0.3 is 45.7 Å². The van der Waals surface area contributed by atoms with Gasteiger partial charge in [-0.25, -0.2) is 4.79 Å². The molecule has 182 valence electrons. The van der Waals surface area contributed by atoms with E-state index in [1.54, 1.807) is 19.1 Å². The van der Waals surface area contributed by atoms with E-state index in [0.717, 1.165) is 10.5 Å². The molecule has 2 fully saturated rings. The summed E-state index contributed by atoms with van der Waals surface area (Å²) in [5.41, 5.74) is 0.597. The van der Waals surface area contributed by atoms with Crippen molar-refractivity contribution in [3.05, 3.63) is 65.6 Å². The zero-order chi connectivity index (χ0) is 25.1. The Balaban J connectivity index is 0.00000304. The number of hydrogen-bond donors (Lipinski definition) is 2. The maximum absolute atomic E-state index is 12.9. The number of aliphatic carboxylic acids is 1. The van der Waals surface area contributed by atoms with Gasteiger partial charge in [-0.1, -0.05) is 17.7 Å². The van der Waals surface area contributed by atoms with Gasteiger partial charge in [-0.2, -0.15) is 8.42 Å². The van der Waals surface area contributed by atoms with Gasteiger partial charge in [0, 0.05) is 18.2 Å². The minimum atomic E-state index is -4.37. The van der Waals surface area contributed by atoms with E-state index in [-0.39, 0.29) is 58.9 Å². The molecule has 2 aromatic carbocycles. The molecule has 0 saturated carbocycles. The third-order valence-electron chi connectivity index (χ3n) is 6.43. The first-order valence-electron chi connectivity index (χ1n) is 10.7. The number of piperidine rings is 1. The second-order valence-electron chi connectivity index (χ2n) is 8.56. The van der Waals surface area contributed by atoms with E-state index in [9.17, 15) is 33.0 Å². The number of anilines is 1. The molecule has 3 heterocycles. The maximum atomic E-state index is 12.9. The molecule has 0 aromatic heterocycles. The van der Waals surface area contributed by atoms with Gasteiger partial charge in [-0.3, -0.25) is 9.69 Å². The molecule has 13 heteroatoms. The molecule has 3 atom stereocenters. The van der Waals surface area contributed by atoms with Crippen LogP contribution in [0.2, 0.25) is 0 Å². The summed E-state index contributed by atoms with van der Waals surface area (Å²) in [7, 11) is -4.37. The summed E-state index contributed by atoms with van der Waals surface area (Å²) in [6, 6.07) is 9.27. The van der Waals surface area contributed by atoms with Crippen LogP contribution >= 0.6 is 0 Å². The summed E-state index contributed by atoms with van der Waals surface area (Å²) in [4.78, 5) is 39.8. The predicted molar refractivity (Wildman–Crippen MR) is 118 cm³/mol. The van der Waals surface area contributed by atoms with Gasteiger partial charge in [-0.15, -0.1) is 0 Å². The molecule has 0 bridgehead atoms. The Kier molecular flexibility index (Phi) is 6.82. The third-order valence-corrected chi connectivity index (χ3v) is 7.68. The Morgan fingerprint density at radius 1 is 1.11 bits per heavy atom. The fourth-order valence-electron chi connectivity index (χ4n) is 4.78. The van der Waals surface area contributed by atoms with E-state index in [0.29, 0.717) is 5.69 Å². The minimum absolute atomic E-state index is 0. The first-order chi connectivity index (χ1) is 16.6. The molecular formula is C23H20N3NaO8S. The fourth-order valence-corrected chi connectivity index (χ4v) is 5.78. The number of aromatic hydroxyl groups is 1. The number of benzene rings is 2. The molecule has 0 spiro atoms. The molecule has 3 aliphatic rings. The number of phenolic OH excluding ortho intramolecular Hbond substituents is 1. The molecule has 3 amide bonds. The molecule has 5 rings (SSSR count). The smallest absolute Gasteiger partial charge is 0.543 e. The fraction of sp³-hybridized carbons (Fsp3) is 0.261. The van der Waals surface area contributed by atoms with Crippen LogP contribution in [0.5, 0.6) is 5.75 Å². The van der Waals surface area contributed by atoms with Crippen molar-refractivity contribution in [1.29, 1.82) is 0 Å². The normalized spacial score (nSPS) is 22.4. The zero-order valence-corrected chi connectivity index (χ0v) is 22.2. The van der Waals surface area contributed by atoms with Crippen molar-refractivity contribution >= 4 is 33.7 Å². The SMILES string of the molecule is Cc1ccc(S(=O)(=O)OC2=C(C(=O)[O-])N3C(=O)[C@@H]4[C@H]3C2CCN4C(=O)Nc2ccc(O)cc2)cc1.[Na+]. The Labute approximate surface area is 228 Å². The molecule has 36 heavy (non-hydrogen) atoms. The van der Waals surface area contributed by atoms with Crippen LogP contribution in [-0.4, -0.2) is 59.9 Å². The Bertz CT molecular complexity index is 1380. The van der Waals surface area contributed by atoms with Crippen molar-refractivity contribution in [2.24, 2.45) is 5.92 Å². The topological polar surface area (TPSA) is 156 Å². The van der Waals surface area contributed by atoms with Gasteiger partial charge in [-0.05, 0) is 49.7 Å². The number of nitrogens with zero attached hydrogens (tertiary/aromatic N) is 2. The number of aryl methyl sites for hydroxylation is 1. The second kappa shape index (κ2) is 9.43. The first kappa shape index (κ1) is 26.0. The van der Waals surface area contributed by atoms with Crippen LogP contribution in [0.25, 0.3) is 0 Å². The second-order valence-corrected chi connectivity index (χ2v) is 10.1. The summed E-state index contributed by atoms with van der Waals surface area (Å²) in [6.45, 7) is 1.85. The number of carboxylic acid groups (broad SMARTS) is 1. The monoisotopic (exact) mass is 521 g/mol. The van der Waals surface area contributed by atoms with Crippen molar-refractivity contribution in [2.75, 3.05) is 11.9 Å². The van der Waals surface area contributed by atoms with Crippen molar-refractivity contribution in [2.45, 2.75) is 30.3 Å². The number of hydrogen-bond acceptors (Lipinski definition) is 8. The van der Waals surface area contributed by atoms with Gasteiger partial charge in [0.1, 0.15) is 22.4 Å². The Morgan fingerprint density at radius 2 is 1.75 bits per heavy atom. The van der Waals surface area contributed by atoms with Gasteiger partial charge in [0.25, 0.3) is 5.91 Å². The molecule has 2 saturated heterocycles. The summed E-state index contributed by atoms with van der Waals surface area (Å²) < 4.78 is 31.1. The van der Waals surface area contributed by atoms with Crippen molar-refractivity contribution in [1.82, 2.24) is 9.80 Å². The van der Waals surface area contributed by atoms with E-state index in [2.05, 4.69) is 5.32 Å². The molecular weight excluding hydrogens is 501 g/mol. The minimum Gasteiger partial charge on any atom is -0.543 e. The van der Waals surface area contributed by atoms with E-state index >= 15 is 0 Å². The summed E-state index contributed by atoms with van der Waals surface area (Å²) in [6.07, 6.45) is 0.170. The number of nitrogens with one attached hydrogen (secondary N) is 1. The number of rotatable bonds is 5. The van der Waals surface area contributed by atoms with Crippen molar-refractivity contribution in [3.8, 4) is 5.75 Å². The standard InChI is InChI=1S/C23H21N3O8S.Na/c1-12-2-8-15(9-3-12)35(32,33)34-20-16-10-11-25(23(31)24-13-4-6-14(27)7-5-13)18-17(16)26(21(18)28)19(20)22(29)30;/h2-9,16-18,27H,10-11H2,1H3,(H,24,31)(H,29,30);/q;+1/p-1/t16?,17-,18+;/m1./s1. The third kappa shape index (κ3) is 4.23. The number of urea groups is 1. The molecule has 0 radical (unpaired) electrons. The summed E-state index contributed by atoms with van der Waals surface area (Å²) >= 11 is 0. The van der Waals surface area contributed by atoms with Crippen LogP contribution in [-0.2, 0) is 23.9 Å². The molecule has 0 aliphatic carbocycles. The van der Waals surface area contributed by atoms with E-state index in [4.69, 9.17) is 4.18 Å². The van der Waals surface area contributed by atoms with Gasteiger partial charge < -0.3 is 29.4 Å². The molecule has 2 N–H and O–H groups in total. The predicted octanol–water partition coefficient (Wildman–Crippen LogP) is -2.48. The van der Waals surface area contributed by atoms with Crippen LogP contribution in [0, 0.1) is 12.8 Å². The zero-order valence-electron chi connectivity index (χ0n) is 19.4. The number of amides is 3. The van der Waals surface area contributed by atoms with E-state index < -0.39 is 51.7 Å². The maximum Gasteiger partial charge on any atom is 1.00 e. The average molecular weight is 521 g/mol. The molecule has 2 aromatic rings. The van der Waals surface area contributed by atoms with E-state index in [1.165, 1.54) is 41.3 Å². The van der Waals surface area contributed by atoms with E-state index in [1.807, 2.05) is 0 Å². The number of carboxylic acids is 1. The van der Waals surface area contributed by atoms with Crippen molar-refractivity contribution in [3.63, 3.8) is 0 Å². The van der Waals surface area contributed by atoms with Crippen LogP contribution in [0.4, 0.5) is 10.5 Å². The van der Waals surface area contributed by atoms with Crippen molar-refractivity contribution < 1.29 is 66.8 Å². The number of carbonyl (C=O) groups excluding carboxylic acids is 3. The molecule has 1 unspecified atom stereocenters. The Hall–Kier alpha value is -3.06. The number of carbonyl (C=O) groups is 3. The molecule has 11 nitrogen and oxygen atoms in total. The summed E-state index contributed by atoms with van der Waals surface area (Å²) in [5.74, 6) is -3.46. The van der Waals surface area contributed by atoms with Crippen LogP contribution in [0.1, 0.15) is 12.0 Å². The van der Waals surface area contributed by atoms with Crippen LogP contribution < -0.4 is 40.0 Å². The molecule has 3 aliphatic heterocycles. The van der Waals surface area contributed by atoms with Crippen LogP contribution in [0.3, 0.4) is 0 Å².